The maximum atomic E-state index is 12.2. The van der Waals surface area contributed by atoms with E-state index in [9.17, 15) is 14.9 Å². The quantitative estimate of drug-likeness (QED) is 0.615. The van der Waals surface area contributed by atoms with Gasteiger partial charge in [0.2, 0.25) is 5.91 Å². The van der Waals surface area contributed by atoms with E-state index in [1.54, 1.807) is 12.1 Å². The Morgan fingerprint density at radius 2 is 1.92 bits per heavy atom. The van der Waals surface area contributed by atoms with Crippen LogP contribution in [0, 0.1) is 10.1 Å². The van der Waals surface area contributed by atoms with Gasteiger partial charge in [-0.1, -0.05) is 0 Å². The molecule has 0 atom stereocenters. The molecule has 3 rings (SSSR count). The van der Waals surface area contributed by atoms with Crippen molar-refractivity contribution < 1.29 is 9.72 Å². The average molecular weight is 398 g/mol. The molecule has 0 bridgehead atoms. The van der Waals surface area contributed by atoms with E-state index in [1.807, 2.05) is 5.38 Å². The minimum absolute atomic E-state index is 0. The maximum absolute atomic E-state index is 12.2. The number of rotatable bonds is 5. The van der Waals surface area contributed by atoms with Crippen molar-refractivity contribution in [3.05, 3.63) is 39.8 Å². The van der Waals surface area contributed by atoms with Crippen LogP contribution in [0.15, 0.2) is 29.6 Å². The van der Waals surface area contributed by atoms with Gasteiger partial charge in [0.15, 0.2) is 5.13 Å². The molecule has 1 aliphatic rings. The number of thiazole rings is 1. The molecule has 1 aromatic carbocycles. The highest BCUT2D eigenvalue weighted by Crippen LogP contribution is 2.26. The first-order valence-corrected chi connectivity index (χ1v) is 8.80. The van der Waals surface area contributed by atoms with E-state index in [-0.39, 0.29) is 24.0 Å². The first kappa shape index (κ1) is 20.2. The summed E-state index contributed by atoms with van der Waals surface area (Å²) in [4.78, 5) is 31.2. The Labute approximate surface area is 161 Å². The average Bonchev–Trinajstić information content (AvgIpc) is 3.05. The van der Waals surface area contributed by atoms with Gasteiger partial charge >= 0.3 is 0 Å². The predicted octanol–water partition coefficient (Wildman–Crippen LogP) is 2.33. The van der Waals surface area contributed by atoms with Crippen LogP contribution in [-0.2, 0) is 4.79 Å². The number of nitro groups is 1. The zero-order valence-electron chi connectivity index (χ0n) is 14.3. The van der Waals surface area contributed by atoms with Gasteiger partial charge in [-0.3, -0.25) is 19.8 Å². The summed E-state index contributed by atoms with van der Waals surface area (Å²) < 4.78 is 0. The van der Waals surface area contributed by atoms with E-state index >= 15 is 0 Å². The number of anilines is 1. The lowest BCUT2D eigenvalue weighted by Crippen LogP contribution is -2.47. The number of aromatic nitrogens is 1. The van der Waals surface area contributed by atoms with Crippen LogP contribution >= 0.6 is 23.7 Å². The summed E-state index contributed by atoms with van der Waals surface area (Å²) >= 11 is 1.34. The second-order valence-corrected chi connectivity index (χ2v) is 6.83. The highest BCUT2D eigenvalue weighted by molar-refractivity contribution is 7.14. The molecule has 1 saturated heterocycles. The Kier molecular flexibility index (Phi) is 7.04. The molecule has 2 heterocycles. The van der Waals surface area contributed by atoms with Crippen LogP contribution in [0.2, 0.25) is 0 Å². The molecule has 1 amide bonds. The summed E-state index contributed by atoms with van der Waals surface area (Å²) in [7, 11) is 2.08. The molecule has 26 heavy (non-hydrogen) atoms. The molecule has 1 aliphatic heterocycles. The number of piperazine rings is 1. The largest absolute Gasteiger partial charge is 0.304 e. The second kappa shape index (κ2) is 9.04. The first-order valence-electron chi connectivity index (χ1n) is 7.92. The van der Waals surface area contributed by atoms with E-state index < -0.39 is 4.92 Å². The van der Waals surface area contributed by atoms with Crippen molar-refractivity contribution in [2.75, 3.05) is 45.1 Å². The summed E-state index contributed by atoms with van der Waals surface area (Å²) in [6.07, 6.45) is 0. The van der Waals surface area contributed by atoms with Crippen LogP contribution in [0.4, 0.5) is 10.8 Å². The van der Waals surface area contributed by atoms with Gasteiger partial charge in [0.1, 0.15) is 0 Å². The van der Waals surface area contributed by atoms with Gasteiger partial charge in [-0.05, 0) is 19.2 Å². The number of benzene rings is 1. The highest BCUT2D eigenvalue weighted by atomic mass is 35.5. The number of halogens is 1. The molecule has 2 aromatic rings. The number of nitro benzene ring substituents is 1. The Bertz CT molecular complexity index is 760. The van der Waals surface area contributed by atoms with Gasteiger partial charge in [-0.2, -0.15) is 0 Å². The van der Waals surface area contributed by atoms with E-state index in [1.165, 1.54) is 23.5 Å². The van der Waals surface area contributed by atoms with Gasteiger partial charge in [0.25, 0.3) is 5.69 Å². The smallest absolute Gasteiger partial charge is 0.269 e. The molecular weight excluding hydrogens is 378 g/mol. The Morgan fingerprint density at radius 3 is 2.54 bits per heavy atom. The number of carbonyl (C=O) groups is 1. The molecule has 0 spiro atoms. The Morgan fingerprint density at radius 1 is 1.27 bits per heavy atom. The molecule has 1 aromatic heterocycles. The van der Waals surface area contributed by atoms with Crippen molar-refractivity contribution in [1.82, 2.24) is 14.8 Å². The summed E-state index contributed by atoms with van der Waals surface area (Å²) in [6.45, 7) is 4.07. The Balaban J connectivity index is 0.00000243. The van der Waals surface area contributed by atoms with Gasteiger partial charge in [-0.15, -0.1) is 23.7 Å². The summed E-state index contributed by atoms with van der Waals surface area (Å²) in [6, 6.07) is 6.20. The number of hydrogen-bond acceptors (Lipinski definition) is 7. The van der Waals surface area contributed by atoms with Crippen molar-refractivity contribution in [3.63, 3.8) is 0 Å². The number of amides is 1. The third kappa shape index (κ3) is 5.21. The minimum atomic E-state index is -0.436. The van der Waals surface area contributed by atoms with Crippen LogP contribution in [0.3, 0.4) is 0 Å². The minimum Gasteiger partial charge on any atom is -0.304 e. The van der Waals surface area contributed by atoms with Crippen molar-refractivity contribution in [1.29, 1.82) is 0 Å². The van der Waals surface area contributed by atoms with Crippen molar-refractivity contribution in [2.24, 2.45) is 0 Å². The van der Waals surface area contributed by atoms with Gasteiger partial charge in [-0.25, -0.2) is 4.98 Å². The zero-order chi connectivity index (χ0) is 17.8. The summed E-state index contributed by atoms with van der Waals surface area (Å²) in [5.74, 6) is -0.0749. The second-order valence-electron chi connectivity index (χ2n) is 5.97. The molecule has 8 nitrogen and oxygen atoms in total. The van der Waals surface area contributed by atoms with Crippen LogP contribution < -0.4 is 5.32 Å². The molecule has 10 heteroatoms. The molecule has 0 unspecified atom stereocenters. The van der Waals surface area contributed by atoms with E-state index in [0.717, 1.165) is 31.7 Å². The van der Waals surface area contributed by atoms with E-state index in [2.05, 4.69) is 27.1 Å². The molecule has 1 fully saturated rings. The molecule has 0 aliphatic carbocycles. The molecule has 1 N–H and O–H groups in total. The summed E-state index contributed by atoms with van der Waals surface area (Å²) in [5.41, 5.74) is 1.51. The number of likely N-dealkylation sites (N-methyl/N-ethyl adjacent to an activating group) is 1. The molecule has 140 valence electrons. The van der Waals surface area contributed by atoms with Crippen LogP contribution in [-0.4, -0.2) is 65.4 Å². The van der Waals surface area contributed by atoms with Gasteiger partial charge in [0, 0.05) is 49.3 Å². The fraction of sp³-hybridized carbons (Fsp3) is 0.375. The van der Waals surface area contributed by atoms with E-state index in [0.29, 0.717) is 17.4 Å². The lowest BCUT2D eigenvalue weighted by atomic mass is 10.1. The number of non-ortho nitro benzene ring substituents is 1. The number of nitrogens with one attached hydrogen (secondary N) is 1. The molecular formula is C16H20ClN5O3S. The SMILES string of the molecule is CN1CCN(CC(=O)Nc2nc(-c3ccc([N+](=O)[O-])cc3)cs2)CC1.Cl. The predicted molar refractivity (Wildman–Crippen MR) is 104 cm³/mol. The lowest BCUT2D eigenvalue weighted by molar-refractivity contribution is -0.384. The van der Waals surface area contributed by atoms with Crippen LogP contribution in [0.1, 0.15) is 0 Å². The fourth-order valence-electron chi connectivity index (χ4n) is 2.59. The third-order valence-electron chi connectivity index (χ3n) is 4.09. The Hall–Kier alpha value is -2.07. The number of hydrogen-bond donors (Lipinski definition) is 1. The lowest BCUT2D eigenvalue weighted by Gasteiger charge is -2.31. The third-order valence-corrected chi connectivity index (χ3v) is 4.85. The zero-order valence-corrected chi connectivity index (χ0v) is 15.9. The van der Waals surface area contributed by atoms with Gasteiger partial charge in [0.05, 0.1) is 17.2 Å². The van der Waals surface area contributed by atoms with Crippen LogP contribution in [0.5, 0.6) is 0 Å². The highest BCUT2D eigenvalue weighted by Gasteiger charge is 2.17. The standard InChI is InChI=1S/C16H19N5O3S.ClH/c1-19-6-8-20(9-7-19)10-15(22)18-16-17-14(11-25-16)12-2-4-13(5-3-12)21(23)24;/h2-5,11H,6-10H2,1H3,(H,17,18,22);1H. The van der Waals surface area contributed by atoms with Crippen molar-refractivity contribution in [3.8, 4) is 11.3 Å². The number of nitrogens with zero attached hydrogens (tertiary/aromatic N) is 4. The monoisotopic (exact) mass is 397 g/mol. The molecule has 0 radical (unpaired) electrons. The maximum Gasteiger partial charge on any atom is 0.269 e. The van der Waals surface area contributed by atoms with Gasteiger partial charge < -0.3 is 10.2 Å². The normalized spacial score (nSPS) is 15.3. The summed E-state index contributed by atoms with van der Waals surface area (Å²) in [5, 5.41) is 15.9. The van der Waals surface area contributed by atoms with Crippen LogP contribution in [0.25, 0.3) is 11.3 Å². The molecule has 0 saturated carbocycles. The topological polar surface area (TPSA) is 91.6 Å². The number of carbonyl (C=O) groups excluding carboxylic acids is 1. The fourth-order valence-corrected chi connectivity index (χ4v) is 3.32. The van der Waals surface area contributed by atoms with Crippen molar-refractivity contribution >= 4 is 40.5 Å². The van der Waals surface area contributed by atoms with E-state index in [4.69, 9.17) is 0 Å². The first-order chi connectivity index (χ1) is 12.0. The van der Waals surface area contributed by atoms with Crippen molar-refractivity contribution in [2.45, 2.75) is 0 Å².